The van der Waals surface area contributed by atoms with Crippen molar-refractivity contribution in [2.45, 2.75) is 18.7 Å². The van der Waals surface area contributed by atoms with Gasteiger partial charge in [-0.15, -0.1) is 11.3 Å². The number of aliphatic hydroxyl groups is 1. The van der Waals surface area contributed by atoms with Crippen LogP contribution in [0.2, 0.25) is 0 Å². The van der Waals surface area contributed by atoms with Gasteiger partial charge >= 0.3 is 6.18 Å². The molecule has 112 valence electrons. The number of thiophene rings is 1. The summed E-state index contributed by atoms with van der Waals surface area (Å²) < 4.78 is 35.9. The number of aliphatic hydroxyl groups excluding tert-OH is 1. The molecular formula is C11H13F3N2O3S. The van der Waals surface area contributed by atoms with Gasteiger partial charge in [0.05, 0.1) is 11.4 Å². The van der Waals surface area contributed by atoms with E-state index in [1.165, 1.54) is 11.3 Å². The molecule has 9 heteroatoms. The summed E-state index contributed by atoms with van der Waals surface area (Å²) in [7, 11) is 0. The molecule has 0 aliphatic rings. The molecular weight excluding hydrogens is 297 g/mol. The van der Waals surface area contributed by atoms with Crippen molar-refractivity contribution in [2.24, 2.45) is 0 Å². The maximum Gasteiger partial charge on any atom is 0.416 e. The summed E-state index contributed by atoms with van der Waals surface area (Å²) in [4.78, 5) is 23.2. The van der Waals surface area contributed by atoms with Crippen LogP contribution in [-0.2, 0) is 4.79 Å². The van der Waals surface area contributed by atoms with E-state index in [1.54, 1.807) is 17.5 Å². The van der Waals surface area contributed by atoms with Crippen molar-refractivity contribution in [3.8, 4) is 0 Å². The number of carbonyl (C=O) groups excluding carboxylic acids is 2. The number of carbonyl (C=O) groups is 2. The van der Waals surface area contributed by atoms with Crippen molar-refractivity contribution in [3.63, 3.8) is 0 Å². The molecule has 5 nitrogen and oxygen atoms in total. The van der Waals surface area contributed by atoms with Gasteiger partial charge in [-0.2, -0.15) is 13.2 Å². The molecule has 1 aromatic heterocycles. The summed E-state index contributed by atoms with van der Waals surface area (Å²) in [5, 5.41) is 14.8. The first-order valence-corrected chi connectivity index (χ1v) is 6.52. The molecule has 0 saturated heterocycles. The number of alkyl halides is 3. The Hall–Kier alpha value is -1.61. The summed E-state index contributed by atoms with van der Waals surface area (Å²) in [5.41, 5.74) is 0. The van der Waals surface area contributed by atoms with Gasteiger partial charge in [-0.25, -0.2) is 0 Å². The van der Waals surface area contributed by atoms with Crippen LogP contribution in [0.3, 0.4) is 0 Å². The monoisotopic (exact) mass is 310 g/mol. The van der Waals surface area contributed by atoms with E-state index in [4.69, 9.17) is 5.11 Å². The molecule has 1 heterocycles. The highest BCUT2D eigenvalue weighted by molar-refractivity contribution is 7.12. The topological polar surface area (TPSA) is 78.4 Å². The highest BCUT2D eigenvalue weighted by Crippen LogP contribution is 2.19. The van der Waals surface area contributed by atoms with Gasteiger partial charge in [-0.1, -0.05) is 6.07 Å². The summed E-state index contributed by atoms with van der Waals surface area (Å²) in [6, 6.07) is 3.31. The summed E-state index contributed by atoms with van der Waals surface area (Å²) in [5.74, 6) is -1.03. The first-order valence-electron chi connectivity index (χ1n) is 5.64. The van der Waals surface area contributed by atoms with Crippen molar-refractivity contribution < 1.29 is 27.9 Å². The number of amides is 2. The van der Waals surface area contributed by atoms with Crippen molar-refractivity contribution in [1.29, 1.82) is 0 Å². The molecule has 0 saturated carbocycles. The zero-order valence-corrected chi connectivity index (χ0v) is 11.1. The van der Waals surface area contributed by atoms with Gasteiger partial charge < -0.3 is 15.7 Å². The van der Waals surface area contributed by atoms with Gasteiger partial charge in [0.2, 0.25) is 5.91 Å². The Balaban J connectivity index is 2.19. The van der Waals surface area contributed by atoms with Crippen molar-refractivity contribution in [1.82, 2.24) is 10.6 Å². The fraction of sp³-hybridized carbons (Fsp3) is 0.455. The standard InChI is InChI=1S/C11H13F3N2O3S/c12-11(13,14)8(17)6-16-9(18)3-4-15-10(19)7-2-1-5-20-7/h1-2,5,8,17H,3-4,6H2,(H,15,19)(H,16,18). The molecule has 0 fully saturated rings. The van der Waals surface area contributed by atoms with Crippen molar-refractivity contribution in [3.05, 3.63) is 22.4 Å². The third-order valence-corrected chi connectivity index (χ3v) is 3.12. The van der Waals surface area contributed by atoms with E-state index in [1.807, 2.05) is 5.32 Å². The van der Waals surface area contributed by atoms with E-state index in [9.17, 15) is 22.8 Å². The third kappa shape index (κ3) is 5.57. The van der Waals surface area contributed by atoms with Gasteiger partial charge in [-0.05, 0) is 11.4 Å². The molecule has 3 N–H and O–H groups in total. The smallest absolute Gasteiger partial charge is 0.382 e. The van der Waals surface area contributed by atoms with Gasteiger partial charge in [0.1, 0.15) is 0 Å². The Kier molecular flexibility index (Phi) is 5.96. The average Bonchev–Trinajstić information content (AvgIpc) is 2.88. The van der Waals surface area contributed by atoms with Crippen LogP contribution in [0.25, 0.3) is 0 Å². The minimum Gasteiger partial charge on any atom is -0.382 e. The van der Waals surface area contributed by atoms with E-state index in [0.717, 1.165) is 0 Å². The third-order valence-electron chi connectivity index (χ3n) is 2.25. The molecule has 0 bridgehead atoms. The molecule has 1 atom stereocenters. The normalized spacial score (nSPS) is 12.8. The van der Waals surface area contributed by atoms with E-state index in [2.05, 4.69) is 5.32 Å². The summed E-state index contributed by atoms with van der Waals surface area (Å²) in [6.45, 7) is -0.897. The molecule has 2 amide bonds. The maximum absolute atomic E-state index is 12.0. The van der Waals surface area contributed by atoms with Gasteiger partial charge in [0, 0.05) is 13.0 Å². The Labute approximate surface area is 116 Å². The fourth-order valence-corrected chi connectivity index (χ4v) is 1.84. The average molecular weight is 310 g/mol. The molecule has 0 aromatic carbocycles. The predicted molar refractivity (Wildman–Crippen MR) is 66.3 cm³/mol. The lowest BCUT2D eigenvalue weighted by Crippen LogP contribution is -2.41. The first kappa shape index (κ1) is 16.4. The second-order valence-electron chi connectivity index (χ2n) is 3.84. The van der Waals surface area contributed by atoms with Crippen LogP contribution in [0.4, 0.5) is 13.2 Å². The molecule has 0 radical (unpaired) electrons. The van der Waals surface area contributed by atoms with E-state index < -0.39 is 24.7 Å². The zero-order chi connectivity index (χ0) is 15.2. The fourth-order valence-electron chi connectivity index (χ4n) is 1.20. The summed E-state index contributed by atoms with van der Waals surface area (Å²) in [6.07, 6.45) is -7.52. The second-order valence-corrected chi connectivity index (χ2v) is 4.79. The van der Waals surface area contributed by atoms with Gasteiger partial charge in [0.15, 0.2) is 6.10 Å². The van der Waals surface area contributed by atoms with Gasteiger partial charge in [0.25, 0.3) is 5.91 Å². The van der Waals surface area contributed by atoms with Crippen molar-refractivity contribution in [2.75, 3.05) is 13.1 Å². The molecule has 0 aliphatic carbocycles. The van der Waals surface area contributed by atoms with Crippen LogP contribution < -0.4 is 10.6 Å². The number of nitrogens with one attached hydrogen (secondary N) is 2. The molecule has 20 heavy (non-hydrogen) atoms. The Morgan fingerprint density at radius 1 is 1.35 bits per heavy atom. The number of rotatable bonds is 6. The molecule has 1 unspecified atom stereocenters. The Morgan fingerprint density at radius 2 is 2.05 bits per heavy atom. The van der Waals surface area contributed by atoms with Crippen LogP contribution >= 0.6 is 11.3 Å². The lowest BCUT2D eigenvalue weighted by Gasteiger charge is -2.14. The Morgan fingerprint density at radius 3 is 2.60 bits per heavy atom. The molecule has 1 rings (SSSR count). The zero-order valence-electron chi connectivity index (χ0n) is 10.2. The Bertz CT molecular complexity index is 448. The predicted octanol–water partition coefficient (Wildman–Crippen LogP) is 0.907. The molecule has 1 aromatic rings. The van der Waals surface area contributed by atoms with E-state index in [-0.39, 0.29) is 18.9 Å². The SMILES string of the molecule is O=C(CCNC(=O)c1cccs1)NCC(O)C(F)(F)F. The highest BCUT2D eigenvalue weighted by atomic mass is 32.1. The van der Waals surface area contributed by atoms with Crippen LogP contribution in [0.1, 0.15) is 16.1 Å². The summed E-state index contributed by atoms with van der Waals surface area (Å²) >= 11 is 1.24. The van der Waals surface area contributed by atoms with E-state index >= 15 is 0 Å². The number of halogens is 3. The highest BCUT2D eigenvalue weighted by Gasteiger charge is 2.38. The molecule has 0 aliphatic heterocycles. The van der Waals surface area contributed by atoms with Crippen LogP contribution in [0.5, 0.6) is 0 Å². The quantitative estimate of drug-likeness (QED) is 0.731. The van der Waals surface area contributed by atoms with E-state index in [0.29, 0.717) is 4.88 Å². The minimum absolute atomic E-state index is 0.00464. The first-order chi connectivity index (χ1) is 9.30. The van der Waals surface area contributed by atoms with Crippen LogP contribution in [0.15, 0.2) is 17.5 Å². The lowest BCUT2D eigenvalue weighted by molar-refractivity contribution is -0.201. The van der Waals surface area contributed by atoms with Crippen LogP contribution in [-0.4, -0.2) is 42.3 Å². The molecule has 0 spiro atoms. The van der Waals surface area contributed by atoms with Crippen molar-refractivity contribution >= 4 is 23.2 Å². The largest absolute Gasteiger partial charge is 0.416 e. The number of hydrogen-bond donors (Lipinski definition) is 3. The second kappa shape index (κ2) is 7.25. The van der Waals surface area contributed by atoms with Gasteiger partial charge in [-0.3, -0.25) is 9.59 Å². The lowest BCUT2D eigenvalue weighted by atomic mass is 10.3. The maximum atomic E-state index is 12.0. The number of hydrogen-bond acceptors (Lipinski definition) is 4. The minimum atomic E-state index is -4.76. The van der Waals surface area contributed by atoms with Crippen LogP contribution in [0, 0.1) is 0 Å².